The second kappa shape index (κ2) is 3.32. The fraction of sp³-hybridized carbons (Fsp3) is 0.600. The summed E-state index contributed by atoms with van der Waals surface area (Å²) in [5.74, 6) is 1.56. The van der Waals surface area contributed by atoms with Gasteiger partial charge in [0.2, 0.25) is 6.29 Å². The molecule has 70 valence electrons. The van der Waals surface area contributed by atoms with E-state index in [1.165, 1.54) is 25.7 Å². The van der Waals surface area contributed by atoms with Crippen LogP contribution in [0.4, 0.5) is 0 Å². The zero-order valence-corrected chi connectivity index (χ0v) is 7.75. The van der Waals surface area contributed by atoms with Gasteiger partial charge in [0.15, 0.2) is 0 Å². The van der Waals surface area contributed by atoms with Crippen LogP contribution in [0.5, 0.6) is 0 Å². The molecule has 0 saturated heterocycles. The lowest BCUT2D eigenvalue weighted by Gasteiger charge is -2.03. The first kappa shape index (κ1) is 8.48. The summed E-state index contributed by atoms with van der Waals surface area (Å²) in [7, 11) is 0. The average molecular weight is 179 g/mol. The number of carbonyl (C=O) groups is 1. The van der Waals surface area contributed by atoms with Crippen LogP contribution in [0.25, 0.3) is 0 Å². The molecule has 0 spiro atoms. The van der Waals surface area contributed by atoms with E-state index in [1.807, 2.05) is 6.92 Å². The number of aldehydes is 1. The van der Waals surface area contributed by atoms with Gasteiger partial charge in [0.25, 0.3) is 5.89 Å². The zero-order chi connectivity index (χ0) is 9.26. The lowest BCUT2D eigenvalue weighted by Crippen LogP contribution is -1.94. The molecular weight excluding hydrogens is 166 g/mol. The number of oxazole rings is 1. The van der Waals surface area contributed by atoms with Crippen LogP contribution in [0.3, 0.4) is 0 Å². The highest BCUT2D eigenvalue weighted by atomic mass is 16.4. The van der Waals surface area contributed by atoms with E-state index in [4.69, 9.17) is 4.42 Å². The molecule has 1 saturated carbocycles. The van der Waals surface area contributed by atoms with Gasteiger partial charge in [0, 0.05) is 5.92 Å². The molecule has 0 radical (unpaired) electrons. The molecular formula is C10H13NO2. The maximum absolute atomic E-state index is 10.4. The summed E-state index contributed by atoms with van der Waals surface area (Å²) in [5, 5.41) is 0. The maximum Gasteiger partial charge on any atom is 0.260 e. The molecule has 3 nitrogen and oxygen atoms in total. The molecule has 1 aliphatic carbocycles. The third-order valence-corrected chi connectivity index (χ3v) is 2.69. The van der Waals surface area contributed by atoms with Crippen molar-refractivity contribution in [3.63, 3.8) is 0 Å². The van der Waals surface area contributed by atoms with E-state index >= 15 is 0 Å². The molecule has 1 aliphatic rings. The van der Waals surface area contributed by atoms with Crippen molar-refractivity contribution in [3.8, 4) is 0 Å². The topological polar surface area (TPSA) is 43.1 Å². The predicted octanol–water partition coefficient (Wildman–Crippen LogP) is 2.45. The summed E-state index contributed by atoms with van der Waals surface area (Å²) in [5.41, 5.74) is 1.000. The van der Waals surface area contributed by atoms with Crippen molar-refractivity contribution in [1.82, 2.24) is 4.98 Å². The quantitative estimate of drug-likeness (QED) is 0.655. The number of carbonyl (C=O) groups excluding carboxylic acids is 1. The smallest absolute Gasteiger partial charge is 0.260 e. The summed E-state index contributed by atoms with van der Waals surface area (Å²) < 4.78 is 5.20. The molecule has 0 amide bonds. The monoisotopic (exact) mass is 179 g/mol. The van der Waals surface area contributed by atoms with Crippen LogP contribution in [0.15, 0.2) is 4.42 Å². The van der Waals surface area contributed by atoms with Gasteiger partial charge in [0.05, 0.1) is 5.69 Å². The molecule has 1 fully saturated rings. The van der Waals surface area contributed by atoms with Gasteiger partial charge in [-0.2, -0.15) is 0 Å². The lowest BCUT2D eigenvalue weighted by atomic mass is 10.0. The Morgan fingerprint density at radius 3 is 2.69 bits per heavy atom. The number of hydrogen-bond acceptors (Lipinski definition) is 3. The van der Waals surface area contributed by atoms with Crippen LogP contribution in [-0.4, -0.2) is 11.3 Å². The largest absolute Gasteiger partial charge is 0.439 e. The normalized spacial score (nSPS) is 17.9. The molecule has 3 heteroatoms. The van der Waals surface area contributed by atoms with Gasteiger partial charge in [-0.15, -0.1) is 0 Å². The minimum atomic E-state index is 0.222. The number of rotatable bonds is 2. The van der Waals surface area contributed by atoms with Crippen LogP contribution in [0.1, 0.15) is 53.7 Å². The van der Waals surface area contributed by atoms with Crippen molar-refractivity contribution in [2.75, 3.05) is 0 Å². The molecule has 0 unspecified atom stereocenters. The van der Waals surface area contributed by atoms with Gasteiger partial charge in [-0.1, -0.05) is 12.8 Å². The van der Waals surface area contributed by atoms with Crippen LogP contribution >= 0.6 is 0 Å². The highest BCUT2D eigenvalue weighted by Crippen LogP contribution is 2.34. The molecule has 0 atom stereocenters. The van der Waals surface area contributed by atoms with Crippen LogP contribution in [0, 0.1) is 6.92 Å². The van der Waals surface area contributed by atoms with Crippen LogP contribution in [0.2, 0.25) is 0 Å². The number of nitrogens with zero attached hydrogens (tertiary/aromatic N) is 1. The first-order valence-electron chi connectivity index (χ1n) is 4.74. The van der Waals surface area contributed by atoms with Gasteiger partial charge in [0.1, 0.15) is 5.76 Å². The van der Waals surface area contributed by atoms with E-state index in [9.17, 15) is 4.79 Å². The molecule has 0 N–H and O–H groups in total. The van der Waals surface area contributed by atoms with E-state index in [1.54, 1.807) is 0 Å². The molecule has 0 aliphatic heterocycles. The van der Waals surface area contributed by atoms with E-state index in [0.29, 0.717) is 12.2 Å². The molecule has 13 heavy (non-hydrogen) atoms. The summed E-state index contributed by atoms with van der Waals surface area (Å²) in [6.45, 7) is 1.88. The fourth-order valence-electron chi connectivity index (χ4n) is 2.06. The third-order valence-electron chi connectivity index (χ3n) is 2.69. The van der Waals surface area contributed by atoms with Gasteiger partial charge in [-0.3, -0.25) is 4.79 Å². The number of aryl methyl sites for hydroxylation is 1. The Morgan fingerprint density at radius 2 is 2.15 bits per heavy atom. The van der Waals surface area contributed by atoms with E-state index in [0.717, 1.165) is 11.5 Å². The van der Waals surface area contributed by atoms with Crippen molar-refractivity contribution in [2.45, 2.75) is 38.5 Å². The van der Waals surface area contributed by atoms with Crippen molar-refractivity contribution in [3.05, 3.63) is 17.3 Å². The standard InChI is InChI=1S/C10H13NO2/c1-7-10(8-4-2-3-5-8)11-9(6-12)13-7/h6,8H,2-5H2,1H3. The Balaban J connectivity index is 2.27. The van der Waals surface area contributed by atoms with Crippen molar-refractivity contribution in [1.29, 1.82) is 0 Å². The third kappa shape index (κ3) is 1.50. The number of hydrogen-bond donors (Lipinski definition) is 0. The highest BCUT2D eigenvalue weighted by Gasteiger charge is 2.22. The first-order valence-corrected chi connectivity index (χ1v) is 4.74. The van der Waals surface area contributed by atoms with Crippen LogP contribution in [-0.2, 0) is 0 Å². The summed E-state index contributed by atoms with van der Waals surface area (Å²) in [6.07, 6.45) is 5.59. The maximum atomic E-state index is 10.4. The lowest BCUT2D eigenvalue weighted by molar-refractivity contribution is 0.109. The number of aromatic nitrogens is 1. The van der Waals surface area contributed by atoms with E-state index in [-0.39, 0.29) is 5.89 Å². The molecule has 1 heterocycles. The highest BCUT2D eigenvalue weighted by molar-refractivity contribution is 5.67. The Kier molecular flexibility index (Phi) is 2.17. The minimum absolute atomic E-state index is 0.222. The second-order valence-corrected chi connectivity index (χ2v) is 3.59. The molecule has 0 aromatic carbocycles. The second-order valence-electron chi connectivity index (χ2n) is 3.59. The Bertz CT molecular complexity index is 311. The van der Waals surface area contributed by atoms with Crippen molar-refractivity contribution < 1.29 is 9.21 Å². The average Bonchev–Trinajstić information content (AvgIpc) is 2.72. The predicted molar refractivity (Wildman–Crippen MR) is 47.8 cm³/mol. The van der Waals surface area contributed by atoms with E-state index in [2.05, 4.69) is 4.98 Å². The Morgan fingerprint density at radius 1 is 1.46 bits per heavy atom. The summed E-state index contributed by atoms with van der Waals surface area (Å²) in [6, 6.07) is 0. The molecule has 0 bridgehead atoms. The van der Waals surface area contributed by atoms with Gasteiger partial charge in [-0.25, -0.2) is 4.98 Å². The fourth-order valence-corrected chi connectivity index (χ4v) is 2.06. The first-order chi connectivity index (χ1) is 6.31. The Hall–Kier alpha value is -1.12. The summed E-state index contributed by atoms with van der Waals surface area (Å²) >= 11 is 0. The molecule has 1 aromatic rings. The van der Waals surface area contributed by atoms with Gasteiger partial charge in [-0.05, 0) is 19.8 Å². The van der Waals surface area contributed by atoms with Crippen molar-refractivity contribution >= 4 is 6.29 Å². The molecule has 1 aromatic heterocycles. The van der Waals surface area contributed by atoms with E-state index < -0.39 is 0 Å². The molecule has 2 rings (SSSR count). The zero-order valence-electron chi connectivity index (χ0n) is 7.75. The van der Waals surface area contributed by atoms with Crippen LogP contribution < -0.4 is 0 Å². The Labute approximate surface area is 77.2 Å². The van der Waals surface area contributed by atoms with Gasteiger partial charge < -0.3 is 4.42 Å². The SMILES string of the molecule is Cc1oc(C=O)nc1C1CCCC1. The minimum Gasteiger partial charge on any atom is -0.439 e. The van der Waals surface area contributed by atoms with Crippen molar-refractivity contribution in [2.24, 2.45) is 0 Å². The summed E-state index contributed by atoms with van der Waals surface area (Å²) in [4.78, 5) is 14.6. The van der Waals surface area contributed by atoms with Gasteiger partial charge >= 0.3 is 0 Å².